The number of hydrogen-bond acceptors (Lipinski definition) is 4. The van der Waals surface area contributed by atoms with Gasteiger partial charge < -0.3 is 19.9 Å². The Bertz CT molecular complexity index is 1090. The van der Waals surface area contributed by atoms with Gasteiger partial charge in [-0.1, -0.05) is 36.4 Å². The molecule has 32 heavy (non-hydrogen) atoms. The number of carbonyl (C=O) groups excluding carboxylic acids is 1. The van der Waals surface area contributed by atoms with Crippen LogP contribution in [-0.4, -0.2) is 50.1 Å². The number of amides is 2. The molecule has 0 atom stereocenters. The van der Waals surface area contributed by atoms with Gasteiger partial charge in [0, 0.05) is 25.3 Å². The lowest BCUT2D eigenvalue weighted by atomic mass is 10.0. The molecule has 0 heterocycles. The number of benzene rings is 3. The van der Waals surface area contributed by atoms with Crippen molar-refractivity contribution in [2.75, 3.05) is 39.6 Å². The fourth-order valence-corrected chi connectivity index (χ4v) is 3.28. The van der Waals surface area contributed by atoms with Gasteiger partial charge in [-0.25, -0.2) is 4.79 Å². The predicted octanol–water partition coefficient (Wildman–Crippen LogP) is 4.83. The standard InChI is InChI=1S/C26H28N4O2/c1-29(2)14-15-30(19-21-6-4-9-25(16-21)32-3)26(31)28-24-8-5-7-23(17-24)22-12-10-20(18-27)11-13-22/h4-13,16-17H,14-15,19H2,1-3H3,(H,28,31). The first-order chi connectivity index (χ1) is 15.5. The van der Waals surface area contributed by atoms with Crippen LogP contribution in [0.1, 0.15) is 11.1 Å². The zero-order chi connectivity index (χ0) is 22.9. The number of likely N-dealkylation sites (N-methyl/N-ethyl adjacent to an activating group) is 1. The van der Waals surface area contributed by atoms with Gasteiger partial charge in [-0.3, -0.25) is 0 Å². The smallest absolute Gasteiger partial charge is 0.322 e. The topological polar surface area (TPSA) is 68.6 Å². The van der Waals surface area contributed by atoms with E-state index in [1.165, 1.54) is 0 Å². The summed E-state index contributed by atoms with van der Waals surface area (Å²) < 4.78 is 5.32. The van der Waals surface area contributed by atoms with E-state index in [9.17, 15) is 4.79 Å². The highest BCUT2D eigenvalue weighted by atomic mass is 16.5. The molecule has 6 nitrogen and oxygen atoms in total. The fourth-order valence-electron chi connectivity index (χ4n) is 3.28. The highest BCUT2D eigenvalue weighted by Crippen LogP contribution is 2.23. The van der Waals surface area contributed by atoms with Gasteiger partial charge in [-0.2, -0.15) is 5.26 Å². The number of nitrogens with zero attached hydrogens (tertiary/aromatic N) is 3. The third kappa shape index (κ3) is 6.34. The summed E-state index contributed by atoms with van der Waals surface area (Å²) in [4.78, 5) is 17.0. The number of urea groups is 1. The summed E-state index contributed by atoms with van der Waals surface area (Å²) in [5.41, 5.74) is 4.30. The molecule has 3 aromatic rings. The molecule has 0 aliphatic heterocycles. The van der Waals surface area contributed by atoms with Crippen molar-refractivity contribution in [2.45, 2.75) is 6.54 Å². The number of ether oxygens (including phenoxy) is 1. The third-order valence-electron chi connectivity index (χ3n) is 5.07. The molecule has 6 heteroatoms. The van der Waals surface area contributed by atoms with Crippen molar-refractivity contribution in [3.8, 4) is 22.9 Å². The average molecular weight is 429 g/mol. The second-order valence-corrected chi connectivity index (χ2v) is 7.78. The van der Waals surface area contributed by atoms with E-state index in [1.54, 1.807) is 24.1 Å². The van der Waals surface area contributed by atoms with Crippen LogP contribution in [0.3, 0.4) is 0 Å². The maximum absolute atomic E-state index is 13.1. The molecule has 1 N–H and O–H groups in total. The molecule has 2 amide bonds. The van der Waals surface area contributed by atoms with Crippen LogP contribution in [-0.2, 0) is 6.54 Å². The molecule has 0 saturated carbocycles. The SMILES string of the molecule is COc1cccc(CN(CCN(C)C)C(=O)Nc2cccc(-c3ccc(C#N)cc3)c2)c1. The minimum atomic E-state index is -0.161. The lowest BCUT2D eigenvalue weighted by Gasteiger charge is -2.25. The fraction of sp³-hybridized carbons (Fsp3) is 0.231. The maximum Gasteiger partial charge on any atom is 0.322 e. The molecule has 0 spiro atoms. The van der Waals surface area contributed by atoms with Gasteiger partial charge >= 0.3 is 6.03 Å². The molecular weight excluding hydrogens is 400 g/mol. The van der Waals surface area contributed by atoms with E-state index >= 15 is 0 Å². The predicted molar refractivity (Wildman–Crippen MR) is 128 cm³/mol. The molecular formula is C26H28N4O2. The molecule has 0 aliphatic rings. The summed E-state index contributed by atoms with van der Waals surface area (Å²) >= 11 is 0. The van der Waals surface area contributed by atoms with Crippen LogP contribution >= 0.6 is 0 Å². The molecule has 0 unspecified atom stereocenters. The summed E-state index contributed by atoms with van der Waals surface area (Å²) in [7, 11) is 5.61. The monoisotopic (exact) mass is 428 g/mol. The average Bonchev–Trinajstić information content (AvgIpc) is 2.82. The molecule has 3 aromatic carbocycles. The first-order valence-corrected chi connectivity index (χ1v) is 10.4. The van der Waals surface area contributed by atoms with Gasteiger partial charge in [0.2, 0.25) is 0 Å². The van der Waals surface area contributed by atoms with E-state index in [0.717, 1.165) is 34.7 Å². The Hall–Kier alpha value is -3.82. The van der Waals surface area contributed by atoms with Crippen molar-refractivity contribution in [3.05, 3.63) is 83.9 Å². The van der Waals surface area contributed by atoms with E-state index < -0.39 is 0 Å². The Morgan fingerprint density at radius 1 is 0.969 bits per heavy atom. The van der Waals surface area contributed by atoms with Crippen LogP contribution in [0.4, 0.5) is 10.5 Å². The zero-order valence-electron chi connectivity index (χ0n) is 18.7. The number of nitriles is 1. The first-order valence-electron chi connectivity index (χ1n) is 10.4. The summed E-state index contributed by atoms with van der Waals surface area (Å²) in [5.74, 6) is 0.769. The number of rotatable bonds is 8. The van der Waals surface area contributed by atoms with Crippen molar-refractivity contribution < 1.29 is 9.53 Å². The lowest BCUT2D eigenvalue weighted by molar-refractivity contribution is 0.202. The second-order valence-electron chi connectivity index (χ2n) is 7.78. The Morgan fingerprint density at radius 2 is 1.72 bits per heavy atom. The number of methoxy groups -OCH3 is 1. The normalized spacial score (nSPS) is 10.5. The maximum atomic E-state index is 13.1. The second kappa shape index (κ2) is 11.0. The quantitative estimate of drug-likeness (QED) is 0.558. The lowest BCUT2D eigenvalue weighted by Crippen LogP contribution is -2.39. The largest absolute Gasteiger partial charge is 0.497 e. The van der Waals surface area contributed by atoms with Crippen LogP contribution in [0, 0.1) is 11.3 Å². The number of nitrogens with one attached hydrogen (secondary N) is 1. The van der Waals surface area contributed by atoms with Crippen molar-refractivity contribution in [3.63, 3.8) is 0 Å². The van der Waals surface area contributed by atoms with Gasteiger partial charge in [-0.15, -0.1) is 0 Å². The van der Waals surface area contributed by atoms with E-state index in [-0.39, 0.29) is 6.03 Å². The minimum Gasteiger partial charge on any atom is -0.497 e. The number of hydrogen-bond donors (Lipinski definition) is 1. The molecule has 0 radical (unpaired) electrons. The van der Waals surface area contributed by atoms with Crippen molar-refractivity contribution in [1.29, 1.82) is 5.26 Å². The van der Waals surface area contributed by atoms with Crippen LogP contribution < -0.4 is 10.1 Å². The summed E-state index contributed by atoms with van der Waals surface area (Å²) in [5, 5.41) is 12.0. The Kier molecular flexibility index (Phi) is 7.85. The van der Waals surface area contributed by atoms with E-state index in [0.29, 0.717) is 18.7 Å². The molecule has 0 aromatic heterocycles. The molecule has 0 saturated heterocycles. The van der Waals surface area contributed by atoms with E-state index in [1.807, 2.05) is 74.8 Å². The Morgan fingerprint density at radius 3 is 2.41 bits per heavy atom. The van der Waals surface area contributed by atoms with Gasteiger partial charge in [-0.05, 0) is 67.2 Å². The molecule has 0 bridgehead atoms. The highest BCUT2D eigenvalue weighted by molar-refractivity contribution is 5.90. The van der Waals surface area contributed by atoms with Gasteiger partial charge in [0.1, 0.15) is 5.75 Å². The Balaban J connectivity index is 1.76. The number of anilines is 1. The summed E-state index contributed by atoms with van der Waals surface area (Å²) in [6.45, 7) is 1.82. The van der Waals surface area contributed by atoms with E-state index in [4.69, 9.17) is 10.00 Å². The summed E-state index contributed by atoms with van der Waals surface area (Å²) in [6, 6.07) is 24.8. The van der Waals surface area contributed by atoms with Gasteiger partial charge in [0.15, 0.2) is 0 Å². The van der Waals surface area contributed by atoms with Crippen LogP contribution in [0.25, 0.3) is 11.1 Å². The van der Waals surface area contributed by atoms with Gasteiger partial charge in [0.25, 0.3) is 0 Å². The van der Waals surface area contributed by atoms with Crippen LogP contribution in [0.5, 0.6) is 5.75 Å². The first kappa shape index (κ1) is 22.9. The third-order valence-corrected chi connectivity index (χ3v) is 5.07. The van der Waals surface area contributed by atoms with Crippen LogP contribution in [0.2, 0.25) is 0 Å². The molecule has 0 aliphatic carbocycles. The highest BCUT2D eigenvalue weighted by Gasteiger charge is 2.15. The molecule has 164 valence electrons. The molecule has 3 rings (SSSR count). The van der Waals surface area contributed by atoms with E-state index in [2.05, 4.69) is 16.3 Å². The zero-order valence-corrected chi connectivity index (χ0v) is 18.7. The van der Waals surface area contributed by atoms with Crippen molar-refractivity contribution in [1.82, 2.24) is 9.80 Å². The number of carbonyl (C=O) groups is 1. The van der Waals surface area contributed by atoms with Crippen molar-refractivity contribution in [2.24, 2.45) is 0 Å². The minimum absolute atomic E-state index is 0.161. The van der Waals surface area contributed by atoms with Crippen LogP contribution in [0.15, 0.2) is 72.8 Å². The van der Waals surface area contributed by atoms with Gasteiger partial charge in [0.05, 0.1) is 18.7 Å². The van der Waals surface area contributed by atoms with Crippen molar-refractivity contribution >= 4 is 11.7 Å². The molecule has 0 fully saturated rings. The Labute approximate surface area is 189 Å². The summed E-state index contributed by atoms with van der Waals surface area (Å²) in [6.07, 6.45) is 0.